The number of unbranched alkanes of at least 4 members (excludes halogenated alkanes) is 6. The Labute approximate surface area is 157 Å². The summed E-state index contributed by atoms with van der Waals surface area (Å²) in [5.74, 6) is 0.817. The normalized spacial score (nSPS) is 11.8. The van der Waals surface area contributed by atoms with Crippen LogP contribution in [0.15, 0.2) is 41.5 Å². The third-order valence-electron chi connectivity index (χ3n) is 4.45. The first-order valence-electron chi connectivity index (χ1n) is 9.90. The lowest BCUT2D eigenvalue weighted by atomic mass is 10.1. The molecule has 142 valence electrons. The van der Waals surface area contributed by atoms with Crippen LogP contribution in [0.4, 0.5) is 0 Å². The van der Waals surface area contributed by atoms with E-state index in [2.05, 4.69) is 34.0 Å². The average molecular weight is 356 g/mol. The monoisotopic (exact) mass is 355 g/mol. The molecule has 0 saturated carbocycles. The zero-order chi connectivity index (χ0) is 18.5. The lowest BCUT2D eigenvalue weighted by Gasteiger charge is -1.97. The number of hydrogen-bond acceptors (Lipinski definition) is 2. The second-order valence-corrected chi connectivity index (χ2v) is 6.60. The summed E-state index contributed by atoms with van der Waals surface area (Å²) in [5, 5.41) is 0. The third-order valence-corrected chi connectivity index (χ3v) is 4.45. The molecule has 4 nitrogen and oxygen atoms in total. The van der Waals surface area contributed by atoms with Crippen molar-refractivity contribution in [2.45, 2.75) is 58.3 Å². The van der Waals surface area contributed by atoms with Crippen molar-refractivity contribution in [1.82, 2.24) is 9.97 Å². The molecule has 0 amide bonds. The van der Waals surface area contributed by atoms with Gasteiger partial charge in [-0.2, -0.15) is 0 Å². The van der Waals surface area contributed by atoms with Crippen molar-refractivity contribution in [2.24, 2.45) is 4.99 Å². The van der Waals surface area contributed by atoms with E-state index in [1.807, 2.05) is 30.6 Å². The highest BCUT2D eigenvalue weighted by molar-refractivity contribution is 5.83. The number of ether oxygens (including phenoxy) is 1. The molecule has 0 radical (unpaired) electrons. The number of allylic oxidation sites excluding steroid dienone is 1. The van der Waals surface area contributed by atoms with Gasteiger partial charge in [-0.3, -0.25) is 4.99 Å². The first-order valence-corrected chi connectivity index (χ1v) is 9.90. The van der Waals surface area contributed by atoms with Crippen molar-refractivity contribution in [3.05, 3.63) is 42.2 Å². The van der Waals surface area contributed by atoms with E-state index in [-0.39, 0.29) is 0 Å². The minimum absolute atomic E-state index is 0.799. The second kappa shape index (κ2) is 12.2. The predicted molar refractivity (Wildman–Crippen MR) is 111 cm³/mol. The van der Waals surface area contributed by atoms with Crippen molar-refractivity contribution >= 4 is 6.21 Å². The van der Waals surface area contributed by atoms with Crippen LogP contribution in [0, 0.1) is 0 Å². The van der Waals surface area contributed by atoms with Gasteiger partial charge in [-0.05, 0) is 31.4 Å². The van der Waals surface area contributed by atoms with Crippen LogP contribution >= 0.6 is 0 Å². The molecule has 0 aromatic carbocycles. The number of aromatic amines is 2. The van der Waals surface area contributed by atoms with E-state index in [4.69, 9.17) is 4.74 Å². The third kappa shape index (κ3) is 6.95. The van der Waals surface area contributed by atoms with E-state index in [1.165, 1.54) is 44.9 Å². The molecule has 4 heteroatoms. The molecule has 0 aliphatic carbocycles. The van der Waals surface area contributed by atoms with Crippen molar-refractivity contribution in [1.29, 1.82) is 0 Å². The van der Waals surface area contributed by atoms with E-state index in [0.717, 1.165) is 35.8 Å². The van der Waals surface area contributed by atoms with Crippen LogP contribution < -0.4 is 4.74 Å². The Morgan fingerprint density at radius 2 is 1.85 bits per heavy atom. The first kappa shape index (κ1) is 20.1. The van der Waals surface area contributed by atoms with Crippen molar-refractivity contribution < 1.29 is 4.74 Å². The quantitative estimate of drug-likeness (QED) is 0.253. The molecule has 2 aromatic rings. The van der Waals surface area contributed by atoms with E-state index >= 15 is 0 Å². The molecule has 2 heterocycles. The summed E-state index contributed by atoms with van der Waals surface area (Å²) in [6.45, 7) is 3.06. The van der Waals surface area contributed by atoms with Crippen LogP contribution in [0.3, 0.4) is 0 Å². The number of nitrogens with one attached hydrogen (secondary N) is 2. The largest absolute Gasteiger partial charge is 0.494 e. The van der Waals surface area contributed by atoms with Gasteiger partial charge in [-0.25, -0.2) is 0 Å². The van der Waals surface area contributed by atoms with Crippen LogP contribution in [0.2, 0.25) is 0 Å². The SMILES string of the molecule is CCCCCCCCC=CCCN=Cc1[nH]c(-c2ccc[nH]2)cc1OC. The van der Waals surface area contributed by atoms with Gasteiger partial charge in [0, 0.05) is 25.0 Å². The van der Waals surface area contributed by atoms with Crippen LogP contribution in [-0.2, 0) is 0 Å². The molecule has 0 spiro atoms. The molecule has 0 aliphatic heterocycles. The van der Waals surface area contributed by atoms with Crippen molar-refractivity contribution in [3.8, 4) is 17.1 Å². The fourth-order valence-electron chi connectivity index (χ4n) is 2.94. The van der Waals surface area contributed by atoms with E-state index in [1.54, 1.807) is 7.11 Å². The molecule has 0 aliphatic rings. The Kier molecular flexibility index (Phi) is 9.41. The lowest BCUT2D eigenvalue weighted by molar-refractivity contribution is 0.415. The van der Waals surface area contributed by atoms with Gasteiger partial charge in [0.1, 0.15) is 5.75 Å². The fourth-order valence-corrected chi connectivity index (χ4v) is 2.94. The van der Waals surface area contributed by atoms with Crippen LogP contribution in [0.1, 0.15) is 64.0 Å². The first-order chi connectivity index (χ1) is 12.8. The summed E-state index contributed by atoms with van der Waals surface area (Å²) in [7, 11) is 1.68. The van der Waals surface area contributed by atoms with Gasteiger partial charge < -0.3 is 14.7 Å². The topological polar surface area (TPSA) is 53.2 Å². The number of hydrogen-bond donors (Lipinski definition) is 2. The zero-order valence-corrected chi connectivity index (χ0v) is 16.3. The van der Waals surface area contributed by atoms with E-state index < -0.39 is 0 Å². The highest BCUT2D eigenvalue weighted by Crippen LogP contribution is 2.25. The summed E-state index contributed by atoms with van der Waals surface area (Å²) >= 11 is 0. The van der Waals surface area contributed by atoms with Crippen molar-refractivity contribution in [2.75, 3.05) is 13.7 Å². The van der Waals surface area contributed by atoms with Crippen LogP contribution in [0.5, 0.6) is 5.75 Å². The Morgan fingerprint density at radius 3 is 2.62 bits per heavy atom. The molecule has 2 rings (SSSR count). The summed E-state index contributed by atoms with van der Waals surface area (Å²) in [4.78, 5) is 11.1. The van der Waals surface area contributed by atoms with Crippen molar-refractivity contribution in [3.63, 3.8) is 0 Å². The van der Waals surface area contributed by atoms with Gasteiger partial charge in [0.15, 0.2) is 0 Å². The van der Waals surface area contributed by atoms with Gasteiger partial charge in [0.05, 0.1) is 24.2 Å². The molecule has 26 heavy (non-hydrogen) atoms. The van der Waals surface area contributed by atoms with E-state index in [0.29, 0.717) is 0 Å². The van der Waals surface area contributed by atoms with Gasteiger partial charge in [-0.1, -0.05) is 51.2 Å². The lowest BCUT2D eigenvalue weighted by Crippen LogP contribution is -1.89. The molecular weight excluding hydrogens is 322 g/mol. The molecule has 0 atom stereocenters. The molecular formula is C22H33N3O. The Morgan fingerprint density at radius 1 is 1.04 bits per heavy atom. The standard InChI is InChI=1S/C22H33N3O/c1-3-4-5-6-7-8-9-10-11-12-15-23-18-21-22(26-2)17-20(25-21)19-14-13-16-24-19/h10-11,13-14,16-18,24-25H,3-9,12,15H2,1-2H3. The maximum Gasteiger partial charge on any atom is 0.146 e. The minimum Gasteiger partial charge on any atom is -0.494 e. The molecule has 2 aromatic heterocycles. The zero-order valence-electron chi connectivity index (χ0n) is 16.3. The van der Waals surface area contributed by atoms with Crippen LogP contribution in [0.25, 0.3) is 11.4 Å². The number of nitrogens with zero attached hydrogens (tertiary/aromatic N) is 1. The average Bonchev–Trinajstić information content (AvgIpc) is 3.32. The smallest absolute Gasteiger partial charge is 0.146 e. The highest BCUT2D eigenvalue weighted by atomic mass is 16.5. The number of aliphatic imine (C=N–C) groups is 1. The Hall–Kier alpha value is -2.23. The fraction of sp³-hybridized carbons (Fsp3) is 0.500. The second-order valence-electron chi connectivity index (χ2n) is 6.60. The Balaban J connectivity index is 1.66. The minimum atomic E-state index is 0.799. The van der Waals surface area contributed by atoms with Gasteiger partial charge >= 0.3 is 0 Å². The van der Waals surface area contributed by atoms with Gasteiger partial charge in [0.25, 0.3) is 0 Å². The molecule has 0 unspecified atom stereocenters. The predicted octanol–water partition coefficient (Wildman–Crippen LogP) is 6.13. The number of aromatic nitrogens is 2. The van der Waals surface area contributed by atoms with Crippen LogP contribution in [-0.4, -0.2) is 29.8 Å². The summed E-state index contributed by atoms with van der Waals surface area (Å²) in [6, 6.07) is 6.00. The number of rotatable bonds is 13. The van der Waals surface area contributed by atoms with Gasteiger partial charge in [-0.15, -0.1) is 0 Å². The van der Waals surface area contributed by atoms with E-state index in [9.17, 15) is 0 Å². The summed E-state index contributed by atoms with van der Waals surface area (Å²) < 4.78 is 5.43. The molecule has 2 N–H and O–H groups in total. The molecule has 0 fully saturated rings. The molecule has 0 bridgehead atoms. The van der Waals surface area contributed by atoms with Gasteiger partial charge in [0.2, 0.25) is 0 Å². The number of methoxy groups -OCH3 is 1. The number of H-pyrrole nitrogens is 2. The maximum absolute atomic E-state index is 5.43. The Bertz CT molecular complexity index is 653. The maximum atomic E-state index is 5.43. The molecule has 0 saturated heterocycles. The summed E-state index contributed by atoms with van der Waals surface area (Å²) in [5.41, 5.74) is 2.96. The summed E-state index contributed by atoms with van der Waals surface area (Å²) in [6.07, 6.45) is 18.7. The highest BCUT2D eigenvalue weighted by Gasteiger charge is 2.08.